The van der Waals surface area contributed by atoms with Gasteiger partial charge in [-0.25, -0.2) is 0 Å². The second kappa shape index (κ2) is 5.80. The monoisotopic (exact) mass is 267 g/mol. The molecule has 2 aliphatic heterocycles. The number of nitrogens with one attached hydrogen (secondary N) is 2. The van der Waals surface area contributed by atoms with E-state index in [1.165, 1.54) is 0 Å². The molecule has 1 amide bonds. The number of carbonyl (C=O) groups is 1. The molecule has 110 valence electrons. The summed E-state index contributed by atoms with van der Waals surface area (Å²) in [6, 6.07) is 0.296. The van der Waals surface area contributed by atoms with Crippen molar-refractivity contribution in [3.05, 3.63) is 0 Å². The lowest BCUT2D eigenvalue weighted by molar-refractivity contribution is -0.123. The fraction of sp³-hybridized carbons (Fsp3) is 0.933. The lowest BCUT2D eigenvalue weighted by atomic mass is 9.85. The average molecular weight is 267 g/mol. The van der Waals surface area contributed by atoms with Crippen molar-refractivity contribution in [2.75, 3.05) is 26.2 Å². The highest BCUT2D eigenvalue weighted by molar-refractivity contribution is 5.78. The number of hydrogen-bond donors (Lipinski definition) is 2. The Kier molecular flexibility index (Phi) is 4.51. The van der Waals surface area contributed by atoms with E-state index in [-0.39, 0.29) is 11.4 Å². The molecule has 0 spiro atoms. The van der Waals surface area contributed by atoms with Crippen LogP contribution in [0.2, 0.25) is 0 Å². The molecule has 2 rings (SSSR count). The number of rotatable bonds is 5. The normalized spacial score (nSPS) is 31.2. The summed E-state index contributed by atoms with van der Waals surface area (Å²) in [6.45, 7) is 12.6. The summed E-state index contributed by atoms with van der Waals surface area (Å²) in [7, 11) is 0. The molecule has 0 aromatic carbocycles. The lowest BCUT2D eigenvalue weighted by Crippen LogP contribution is -2.49. The van der Waals surface area contributed by atoms with Crippen molar-refractivity contribution in [2.24, 2.45) is 11.8 Å². The maximum atomic E-state index is 12.1. The van der Waals surface area contributed by atoms with Crippen molar-refractivity contribution in [1.29, 1.82) is 0 Å². The highest BCUT2D eigenvalue weighted by Crippen LogP contribution is 2.40. The zero-order valence-electron chi connectivity index (χ0n) is 12.8. The molecule has 2 fully saturated rings. The Morgan fingerprint density at radius 1 is 1.47 bits per heavy atom. The van der Waals surface area contributed by atoms with Crippen LogP contribution in [0.1, 0.15) is 40.5 Å². The number of carbonyl (C=O) groups excluding carboxylic acids is 1. The molecular formula is C15H29N3O. The molecule has 0 bridgehead atoms. The summed E-state index contributed by atoms with van der Waals surface area (Å²) in [6.07, 6.45) is 2.18. The lowest BCUT2D eigenvalue weighted by Gasteiger charge is -2.35. The van der Waals surface area contributed by atoms with E-state index in [1.807, 2.05) is 0 Å². The first kappa shape index (κ1) is 14.8. The van der Waals surface area contributed by atoms with Gasteiger partial charge in [0.25, 0.3) is 0 Å². The summed E-state index contributed by atoms with van der Waals surface area (Å²) in [5.74, 6) is 1.59. The van der Waals surface area contributed by atoms with E-state index < -0.39 is 0 Å². The first-order valence-electron chi connectivity index (χ1n) is 7.70. The molecule has 0 aromatic rings. The summed E-state index contributed by atoms with van der Waals surface area (Å²) in [5, 5.41) is 6.59. The van der Waals surface area contributed by atoms with Gasteiger partial charge in [0.2, 0.25) is 5.91 Å². The van der Waals surface area contributed by atoms with Crippen LogP contribution >= 0.6 is 0 Å². The summed E-state index contributed by atoms with van der Waals surface area (Å²) in [4.78, 5) is 14.5. The Bertz CT molecular complexity index is 329. The first-order valence-corrected chi connectivity index (χ1v) is 7.70. The number of amides is 1. The minimum atomic E-state index is 0.138. The maximum Gasteiger partial charge on any atom is 0.234 e. The van der Waals surface area contributed by atoms with Gasteiger partial charge in [-0.15, -0.1) is 0 Å². The largest absolute Gasteiger partial charge is 0.353 e. The van der Waals surface area contributed by atoms with Gasteiger partial charge in [-0.1, -0.05) is 13.3 Å². The number of likely N-dealkylation sites (tertiary alicyclic amines) is 1. The van der Waals surface area contributed by atoms with Gasteiger partial charge in [-0.05, 0) is 45.6 Å². The third-order valence-electron chi connectivity index (χ3n) is 4.98. The molecule has 0 saturated carbocycles. The van der Waals surface area contributed by atoms with E-state index in [0.29, 0.717) is 18.5 Å². The van der Waals surface area contributed by atoms with Gasteiger partial charge in [0, 0.05) is 24.7 Å². The third kappa shape index (κ3) is 3.11. The zero-order chi connectivity index (χ0) is 14.0. The fourth-order valence-electron chi connectivity index (χ4n) is 3.77. The van der Waals surface area contributed by atoms with Gasteiger partial charge in [-0.2, -0.15) is 0 Å². The van der Waals surface area contributed by atoms with E-state index >= 15 is 0 Å². The van der Waals surface area contributed by atoms with E-state index in [2.05, 4.69) is 43.2 Å². The molecule has 0 radical (unpaired) electrons. The highest BCUT2D eigenvalue weighted by atomic mass is 16.2. The Balaban J connectivity index is 1.87. The van der Waals surface area contributed by atoms with Crippen molar-refractivity contribution in [3.63, 3.8) is 0 Å². The van der Waals surface area contributed by atoms with Gasteiger partial charge in [-0.3, -0.25) is 9.69 Å². The second-order valence-corrected chi connectivity index (χ2v) is 6.82. The molecule has 4 heteroatoms. The number of nitrogens with zero attached hydrogens (tertiary/aromatic N) is 1. The number of hydrogen-bond acceptors (Lipinski definition) is 3. The molecule has 2 aliphatic rings. The van der Waals surface area contributed by atoms with Gasteiger partial charge >= 0.3 is 0 Å². The third-order valence-corrected chi connectivity index (χ3v) is 4.98. The van der Waals surface area contributed by atoms with Crippen LogP contribution < -0.4 is 10.6 Å². The first-order chi connectivity index (χ1) is 8.95. The van der Waals surface area contributed by atoms with E-state index in [9.17, 15) is 4.79 Å². The molecule has 0 aromatic heterocycles. The molecule has 2 N–H and O–H groups in total. The van der Waals surface area contributed by atoms with Gasteiger partial charge in [0.1, 0.15) is 0 Å². The Hall–Kier alpha value is -0.610. The van der Waals surface area contributed by atoms with Crippen LogP contribution in [0, 0.1) is 11.8 Å². The molecule has 0 aliphatic carbocycles. The predicted molar refractivity (Wildman–Crippen MR) is 78.0 cm³/mol. The van der Waals surface area contributed by atoms with Crippen molar-refractivity contribution in [3.8, 4) is 0 Å². The van der Waals surface area contributed by atoms with Gasteiger partial charge < -0.3 is 10.6 Å². The topological polar surface area (TPSA) is 44.4 Å². The molecule has 3 atom stereocenters. The van der Waals surface area contributed by atoms with Crippen molar-refractivity contribution in [1.82, 2.24) is 15.5 Å². The maximum absolute atomic E-state index is 12.1. The zero-order valence-corrected chi connectivity index (χ0v) is 12.8. The summed E-state index contributed by atoms with van der Waals surface area (Å²) >= 11 is 0. The van der Waals surface area contributed by atoms with Crippen molar-refractivity contribution < 1.29 is 4.79 Å². The van der Waals surface area contributed by atoms with Crippen LogP contribution in [0.4, 0.5) is 0 Å². The Labute approximate surface area is 117 Å². The Morgan fingerprint density at radius 2 is 2.21 bits per heavy atom. The van der Waals surface area contributed by atoms with Gasteiger partial charge in [0.15, 0.2) is 0 Å². The van der Waals surface area contributed by atoms with E-state index in [1.54, 1.807) is 0 Å². The molecule has 19 heavy (non-hydrogen) atoms. The van der Waals surface area contributed by atoms with Crippen LogP contribution in [0.5, 0.6) is 0 Å². The van der Waals surface area contributed by atoms with Crippen LogP contribution in [0.3, 0.4) is 0 Å². The van der Waals surface area contributed by atoms with Crippen LogP contribution in [-0.4, -0.2) is 48.6 Å². The smallest absolute Gasteiger partial charge is 0.234 e. The van der Waals surface area contributed by atoms with Crippen molar-refractivity contribution in [2.45, 2.75) is 52.1 Å². The number of fused-ring (bicyclic) bond motifs is 1. The summed E-state index contributed by atoms with van der Waals surface area (Å²) in [5.41, 5.74) is 0.138. The Morgan fingerprint density at radius 3 is 2.84 bits per heavy atom. The standard InChI is InChI=1S/C15H29N3O/c1-5-6-11(2)17-14(19)10-18-9-12-7-16-8-13(12)15(18,3)4/h11-13,16H,5-10H2,1-4H3,(H,17,19). The molecular weight excluding hydrogens is 238 g/mol. The SMILES string of the molecule is CCCC(C)NC(=O)CN1CC2CNCC2C1(C)C. The fourth-order valence-corrected chi connectivity index (χ4v) is 3.77. The molecule has 4 nitrogen and oxygen atoms in total. The van der Waals surface area contributed by atoms with Crippen LogP contribution in [0.25, 0.3) is 0 Å². The second-order valence-electron chi connectivity index (χ2n) is 6.82. The molecule has 2 saturated heterocycles. The van der Waals surface area contributed by atoms with Crippen molar-refractivity contribution >= 4 is 5.91 Å². The predicted octanol–water partition coefficient (Wildman–Crippen LogP) is 1.22. The van der Waals surface area contributed by atoms with E-state index in [0.717, 1.165) is 38.4 Å². The van der Waals surface area contributed by atoms with E-state index in [4.69, 9.17) is 0 Å². The minimum absolute atomic E-state index is 0.138. The quantitative estimate of drug-likeness (QED) is 0.787. The van der Waals surface area contributed by atoms with Gasteiger partial charge in [0.05, 0.1) is 6.54 Å². The molecule has 2 heterocycles. The summed E-state index contributed by atoms with van der Waals surface area (Å²) < 4.78 is 0. The molecule has 3 unspecified atom stereocenters. The highest BCUT2D eigenvalue weighted by Gasteiger charge is 2.49. The average Bonchev–Trinajstić information content (AvgIpc) is 2.84. The minimum Gasteiger partial charge on any atom is -0.353 e. The van der Waals surface area contributed by atoms with Crippen LogP contribution in [-0.2, 0) is 4.79 Å². The van der Waals surface area contributed by atoms with Crippen LogP contribution in [0.15, 0.2) is 0 Å².